The molecule has 7 aromatic rings. The normalized spacial score (nSPS) is 19.0. The summed E-state index contributed by atoms with van der Waals surface area (Å²) >= 11 is 0. The monoisotopic (exact) mass is 988 g/mol. The van der Waals surface area contributed by atoms with Gasteiger partial charge in [0, 0.05) is 13.2 Å². The van der Waals surface area contributed by atoms with E-state index in [1.807, 2.05) is 147 Å². The number of carbonyl (C=O) groups excluding carboxylic acids is 1. The summed E-state index contributed by atoms with van der Waals surface area (Å²) in [7, 11) is 0.955. The molecule has 1 aliphatic heterocycles. The van der Waals surface area contributed by atoms with Crippen molar-refractivity contribution in [2.75, 3.05) is 46.3 Å². The molecule has 4 N–H and O–H groups in total. The third-order valence-corrected chi connectivity index (χ3v) is 16.6. The van der Waals surface area contributed by atoms with Crippen molar-refractivity contribution in [1.29, 1.82) is 5.26 Å². The second-order valence-corrected chi connectivity index (χ2v) is 21.2. The minimum atomic E-state index is -2.32. The van der Waals surface area contributed by atoms with E-state index in [2.05, 4.69) is 34.6 Å². The SMILES string of the molecule is COc1ccc(C(OC[C@H]2O[C@](n3cnc4c(N)ncnc43)([Si](c3ccccc3)c3ccccc3)[C@H](OCCCCCNC(=O)OCCC#N)[C@@]2(O)C(C)(C)C)(c2ccccc2)c2ccc(OC)cc2)cc1. The average Bonchev–Trinajstić information content (AvgIpc) is 3.96. The predicted molar refractivity (Wildman–Crippen MR) is 276 cm³/mol. The number of nitrogens with two attached hydrogens (primary N) is 1. The lowest BCUT2D eigenvalue weighted by Crippen LogP contribution is -2.70. The van der Waals surface area contributed by atoms with Crippen LogP contribution in [-0.4, -0.2) is 97.9 Å². The number of aliphatic hydroxyl groups is 1. The Morgan fingerprint density at radius 3 is 1.92 bits per heavy atom. The van der Waals surface area contributed by atoms with Gasteiger partial charge in [-0.1, -0.05) is 146 Å². The standard InChI is InChI=1S/C56H62N7O8Si/c1-53(2,3)55(65)47(37-70-54(40-19-10-6-11-20-40,41-25-29-43(66-4)30-26-41)42-27-31-44(67-5)32-28-42)71-56(63-39-62-48-49(58)60-38-61-50(48)63,72(45-21-12-7-13-22-45)46-23-14-8-15-24-46)51(55)68-35-17-9-16-34-59-52(64)69-36-18-33-57/h6-8,10-15,19-32,38-39,47,51,65H,9,16-18,34-37H2,1-5H3,(H,59,64)(H2,58,60,61)/t47-,51-,55-,56+/m1/s1. The number of anilines is 1. The van der Waals surface area contributed by atoms with Crippen molar-refractivity contribution in [2.24, 2.45) is 5.41 Å². The molecular formula is C56H62N7O8Si. The van der Waals surface area contributed by atoms with Crippen LogP contribution in [0.2, 0.25) is 0 Å². The van der Waals surface area contributed by atoms with E-state index < -0.39 is 49.1 Å². The van der Waals surface area contributed by atoms with E-state index in [-0.39, 0.29) is 32.1 Å². The highest BCUT2D eigenvalue weighted by Gasteiger charge is 2.72. The predicted octanol–water partition coefficient (Wildman–Crippen LogP) is 7.31. The molecule has 0 aliphatic carbocycles. The second kappa shape index (κ2) is 22.5. The summed E-state index contributed by atoms with van der Waals surface area (Å²) in [6, 6.07) is 48.0. The molecule has 72 heavy (non-hydrogen) atoms. The van der Waals surface area contributed by atoms with Gasteiger partial charge >= 0.3 is 6.09 Å². The topological polar surface area (TPSA) is 198 Å². The maximum Gasteiger partial charge on any atom is 0.407 e. The van der Waals surface area contributed by atoms with Crippen molar-refractivity contribution in [3.63, 3.8) is 0 Å². The van der Waals surface area contributed by atoms with Crippen molar-refractivity contribution < 1.29 is 38.3 Å². The molecule has 1 saturated heterocycles. The Labute approximate surface area is 422 Å². The van der Waals surface area contributed by atoms with Gasteiger partial charge in [0.2, 0.25) is 0 Å². The van der Waals surface area contributed by atoms with Crippen LogP contribution < -0.4 is 30.9 Å². The Kier molecular flexibility index (Phi) is 16.0. The fraction of sp³-hybridized carbons (Fsp3) is 0.339. The van der Waals surface area contributed by atoms with Gasteiger partial charge in [0.1, 0.15) is 53.4 Å². The Bertz CT molecular complexity index is 2810. The number of rotatable bonds is 21. The minimum Gasteiger partial charge on any atom is -0.497 e. The van der Waals surface area contributed by atoms with Crippen LogP contribution >= 0.6 is 0 Å². The highest BCUT2D eigenvalue weighted by atomic mass is 28.3. The molecule has 0 bridgehead atoms. The van der Waals surface area contributed by atoms with Crippen LogP contribution in [0.25, 0.3) is 11.2 Å². The Morgan fingerprint density at radius 1 is 0.792 bits per heavy atom. The maximum atomic E-state index is 14.4. The molecule has 1 radical (unpaired) electrons. The van der Waals surface area contributed by atoms with E-state index in [0.717, 1.165) is 27.1 Å². The average molecular weight is 989 g/mol. The third kappa shape index (κ3) is 10.0. The molecule has 373 valence electrons. The van der Waals surface area contributed by atoms with Crippen LogP contribution in [0.5, 0.6) is 11.5 Å². The van der Waals surface area contributed by atoms with E-state index in [1.165, 1.54) is 6.33 Å². The zero-order valence-corrected chi connectivity index (χ0v) is 42.4. The molecule has 1 fully saturated rings. The fourth-order valence-corrected chi connectivity index (χ4v) is 13.2. The first kappa shape index (κ1) is 51.2. The van der Waals surface area contributed by atoms with Gasteiger partial charge in [-0.2, -0.15) is 5.26 Å². The smallest absolute Gasteiger partial charge is 0.407 e. The van der Waals surface area contributed by atoms with Crippen LogP contribution in [0, 0.1) is 16.7 Å². The maximum absolute atomic E-state index is 14.4. The molecule has 3 heterocycles. The summed E-state index contributed by atoms with van der Waals surface area (Å²) in [5.41, 5.74) is 5.79. The molecule has 0 saturated carbocycles. The number of alkyl carbamates (subject to hydrolysis) is 1. The quantitative estimate of drug-likeness (QED) is 0.0369. The molecule has 1 amide bonds. The summed E-state index contributed by atoms with van der Waals surface area (Å²) in [4.78, 5) is 26.2. The molecule has 1 aliphatic rings. The van der Waals surface area contributed by atoms with E-state index in [4.69, 9.17) is 49.4 Å². The van der Waals surface area contributed by atoms with Gasteiger partial charge in [-0.25, -0.2) is 19.7 Å². The molecule has 4 atom stereocenters. The number of nitriles is 1. The van der Waals surface area contributed by atoms with Crippen molar-refractivity contribution >= 4 is 42.2 Å². The van der Waals surface area contributed by atoms with E-state index in [0.29, 0.717) is 48.5 Å². The second-order valence-electron chi connectivity index (χ2n) is 18.6. The molecule has 16 heteroatoms. The van der Waals surface area contributed by atoms with Crippen LogP contribution in [0.3, 0.4) is 0 Å². The first-order valence-corrected chi connectivity index (χ1v) is 25.6. The van der Waals surface area contributed by atoms with Gasteiger partial charge in [-0.15, -0.1) is 0 Å². The Hall–Kier alpha value is -7.13. The lowest BCUT2D eigenvalue weighted by atomic mass is 9.70. The van der Waals surface area contributed by atoms with Crippen molar-refractivity contribution in [2.45, 2.75) is 75.2 Å². The molecule has 5 aromatic carbocycles. The number of aromatic nitrogens is 4. The number of amides is 1. The van der Waals surface area contributed by atoms with Gasteiger partial charge in [0.15, 0.2) is 25.6 Å². The number of nitrogens with one attached hydrogen (secondary N) is 1. The third-order valence-electron chi connectivity index (χ3n) is 13.4. The molecule has 15 nitrogen and oxygen atoms in total. The molecule has 0 unspecified atom stereocenters. The number of benzene rings is 5. The zero-order valence-electron chi connectivity index (χ0n) is 41.4. The van der Waals surface area contributed by atoms with Crippen LogP contribution in [0.1, 0.15) is 63.1 Å². The number of unbranched alkanes of at least 4 members (excludes halogenated alkanes) is 2. The molecule has 8 rings (SSSR count). The lowest BCUT2D eigenvalue weighted by Gasteiger charge is -2.47. The summed E-state index contributed by atoms with van der Waals surface area (Å²) in [5.74, 6) is 1.55. The first-order valence-electron chi connectivity index (χ1n) is 24.1. The summed E-state index contributed by atoms with van der Waals surface area (Å²) in [6.07, 6.45) is 2.34. The zero-order chi connectivity index (χ0) is 50.8. The molecule has 0 spiro atoms. The van der Waals surface area contributed by atoms with Gasteiger partial charge in [0.05, 0.1) is 39.6 Å². The Morgan fingerprint density at radius 2 is 1.36 bits per heavy atom. The van der Waals surface area contributed by atoms with Crippen molar-refractivity contribution in [1.82, 2.24) is 24.8 Å². The molecule has 2 aromatic heterocycles. The number of hydrogen-bond donors (Lipinski definition) is 3. The summed E-state index contributed by atoms with van der Waals surface area (Å²) < 4.78 is 41.2. The lowest BCUT2D eigenvalue weighted by molar-refractivity contribution is -0.180. The van der Waals surface area contributed by atoms with Crippen molar-refractivity contribution in [3.8, 4) is 17.6 Å². The summed E-state index contributed by atoms with van der Waals surface area (Å²) in [6.45, 7) is 6.47. The Balaban J connectivity index is 1.31. The number of ether oxygens (including phenoxy) is 6. The van der Waals surface area contributed by atoms with Gasteiger partial charge in [-0.05, 0) is 65.6 Å². The number of nitrogens with zero attached hydrogens (tertiary/aromatic N) is 5. The van der Waals surface area contributed by atoms with Gasteiger partial charge in [-0.3, -0.25) is 4.57 Å². The minimum absolute atomic E-state index is 0.0283. The number of imidazole rings is 1. The highest BCUT2D eigenvalue weighted by molar-refractivity contribution is 6.86. The number of nitrogen functional groups attached to an aromatic ring is 1. The van der Waals surface area contributed by atoms with Gasteiger partial charge < -0.3 is 44.6 Å². The van der Waals surface area contributed by atoms with E-state index >= 15 is 0 Å². The van der Waals surface area contributed by atoms with Gasteiger partial charge in [0.25, 0.3) is 0 Å². The van der Waals surface area contributed by atoms with Crippen LogP contribution in [0.15, 0.2) is 152 Å². The van der Waals surface area contributed by atoms with E-state index in [9.17, 15) is 9.90 Å². The summed E-state index contributed by atoms with van der Waals surface area (Å²) in [5, 5.41) is 26.4. The number of methoxy groups -OCH3 is 2. The van der Waals surface area contributed by atoms with Crippen LogP contribution in [-0.2, 0) is 29.9 Å². The number of hydrogen-bond acceptors (Lipinski definition) is 13. The number of carbonyl (C=O) groups is 1. The fourth-order valence-electron chi connectivity index (χ4n) is 9.80. The molecular weight excluding hydrogens is 927 g/mol. The number of fused-ring (bicyclic) bond motifs is 1. The first-order chi connectivity index (χ1) is 34.9. The highest BCUT2D eigenvalue weighted by Crippen LogP contribution is 2.54. The van der Waals surface area contributed by atoms with E-state index in [1.54, 1.807) is 20.5 Å². The van der Waals surface area contributed by atoms with Crippen LogP contribution in [0.4, 0.5) is 10.6 Å². The van der Waals surface area contributed by atoms with Crippen molar-refractivity contribution in [3.05, 3.63) is 169 Å². The largest absolute Gasteiger partial charge is 0.497 e.